The molecule has 0 atom stereocenters. The molecule has 1 N–H and O–H groups in total. The van der Waals surface area contributed by atoms with Crippen LogP contribution in [0.3, 0.4) is 0 Å². The van der Waals surface area contributed by atoms with Crippen LogP contribution in [0, 0.1) is 5.82 Å². The Kier molecular flexibility index (Phi) is 5.73. The first-order valence-electron chi connectivity index (χ1n) is 7.15. The largest absolute Gasteiger partial charge is 0.312 e. The summed E-state index contributed by atoms with van der Waals surface area (Å²) in [6, 6.07) is 4.79. The lowest BCUT2D eigenvalue weighted by molar-refractivity contribution is 0.613. The molecule has 2 nitrogen and oxygen atoms in total. The van der Waals surface area contributed by atoms with Crippen LogP contribution in [0.15, 0.2) is 18.2 Å². The van der Waals surface area contributed by atoms with Crippen molar-refractivity contribution in [2.24, 2.45) is 0 Å². The van der Waals surface area contributed by atoms with Crippen molar-refractivity contribution in [1.29, 1.82) is 0 Å². The van der Waals surface area contributed by atoms with E-state index in [1.165, 1.54) is 10.9 Å². The molecule has 0 fully saturated rings. The number of hydrogen-bond donors (Lipinski definition) is 1. The van der Waals surface area contributed by atoms with E-state index in [4.69, 9.17) is 16.6 Å². The van der Waals surface area contributed by atoms with Crippen LogP contribution in [0.4, 0.5) is 4.39 Å². The molecule has 2 rings (SSSR count). The molecule has 0 amide bonds. The fraction of sp³-hybridized carbons (Fsp3) is 0.438. The molecule has 0 aliphatic heterocycles. The number of aromatic nitrogens is 1. The Bertz CT molecular complexity index is 590. The van der Waals surface area contributed by atoms with Crippen molar-refractivity contribution in [3.63, 3.8) is 0 Å². The van der Waals surface area contributed by atoms with E-state index >= 15 is 0 Å². The lowest BCUT2D eigenvalue weighted by Gasteiger charge is -2.05. The Labute approximate surface area is 134 Å². The predicted octanol–water partition coefficient (Wildman–Crippen LogP) is 4.76. The van der Waals surface area contributed by atoms with E-state index in [-0.39, 0.29) is 5.82 Å². The number of nitrogens with zero attached hydrogens (tertiary/aromatic N) is 1. The van der Waals surface area contributed by atoms with E-state index in [1.807, 2.05) is 0 Å². The molecule has 0 saturated heterocycles. The quantitative estimate of drug-likeness (QED) is 0.828. The van der Waals surface area contributed by atoms with Crippen LogP contribution < -0.4 is 5.32 Å². The average molecular weight is 327 g/mol. The monoisotopic (exact) mass is 326 g/mol. The van der Waals surface area contributed by atoms with Crippen LogP contribution in [-0.4, -0.2) is 11.5 Å². The molecule has 0 spiro atoms. The second-order valence-electron chi connectivity index (χ2n) is 5.23. The van der Waals surface area contributed by atoms with Crippen molar-refractivity contribution < 1.29 is 4.39 Å². The summed E-state index contributed by atoms with van der Waals surface area (Å²) in [6.07, 6.45) is 0.446. The Morgan fingerprint density at radius 2 is 2.14 bits per heavy atom. The van der Waals surface area contributed by atoms with E-state index in [1.54, 1.807) is 23.5 Å². The number of halogens is 2. The Morgan fingerprint density at radius 1 is 1.38 bits per heavy atom. The Hall–Kier alpha value is -0.970. The van der Waals surface area contributed by atoms with Gasteiger partial charge in [-0.2, -0.15) is 0 Å². The molecular formula is C16H20ClFN2S. The zero-order chi connectivity index (χ0) is 15.4. The second kappa shape index (κ2) is 7.34. The lowest BCUT2D eigenvalue weighted by Crippen LogP contribution is -2.12. The van der Waals surface area contributed by atoms with Gasteiger partial charge < -0.3 is 5.32 Å². The van der Waals surface area contributed by atoms with Crippen molar-refractivity contribution in [3.05, 3.63) is 50.2 Å². The molecule has 0 aliphatic rings. The van der Waals surface area contributed by atoms with Crippen molar-refractivity contribution in [1.82, 2.24) is 10.3 Å². The smallest absolute Gasteiger partial charge is 0.128 e. The van der Waals surface area contributed by atoms with Crippen LogP contribution in [0.1, 0.15) is 47.8 Å². The summed E-state index contributed by atoms with van der Waals surface area (Å²) in [5, 5.41) is 4.71. The Morgan fingerprint density at radius 3 is 2.76 bits per heavy atom. The zero-order valence-corrected chi connectivity index (χ0v) is 14.1. The first-order chi connectivity index (χ1) is 10.0. The number of benzene rings is 1. The van der Waals surface area contributed by atoms with Crippen molar-refractivity contribution in [2.75, 3.05) is 6.54 Å². The SMILES string of the molecule is CCNCc1sc(Cc2c(F)cccc2Cl)nc1C(C)C. The summed E-state index contributed by atoms with van der Waals surface area (Å²) < 4.78 is 13.9. The summed E-state index contributed by atoms with van der Waals surface area (Å²) in [6.45, 7) is 8.07. The van der Waals surface area contributed by atoms with Gasteiger partial charge in [-0.25, -0.2) is 9.37 Å². The van der Waals surface area contributed by atoms with Crippen LogP contribution in [0.25, 0.3) is 0 Å². The third kappa shape index (κ3) is 4.02. The van der Waals surface area contributed by atoms with Gasteiger partial charge in [0.05, 0.1) is 10.7 Å². The average Bonchev–Trinajstić information content (AvgIpc) is 2.84. The molecule has 1 aromatic heterocycles. The molecule has 1 aromatic carbocycles. The maximum Gasteiger partial charge on any atom is 0.128 e. The van der Waals surface area contributed by atoms with Crippen LogP contribution >= 0.6 is 22.9 Å². The fourth-order valence-electron chi connectivity index (χ4n) is 2.16. The van der Waals surface area contributed by atoms with Gasteiger partial charge in [-0.05, 0) is 24.6 Å². The minimum atomic E-state index is -0.267. The van der Waals surface area contributed by atoms with Gasteiger partial charge in [0.1, 0.15) is 5.82 Å². The highest BCUT2D eigenvalue weighted by Crippen LogP contribution is 2.29. The molecule has 0 unspecified atom stereocenters. The predicted molar refractivity (Wildman–Crippen MR) is 87.8 cm³/mol. The number of rotatable bonds is 6. The van der Waals surface area contributed by atoms with E-state index in [9.17, 15) is 4.39 Å². The van der Waals surface area contributed by atoms with Gasteiger partial charge in [0.15, 0.2) is 0 Å². The summed E-state index contributed by atoms with van der Waals surface area (Å²) in [5.41, 5.74) is 1.63. The van der Waals surface area contributed by atoms with Gasteiger partial charge in [0.2, 0.25) is 0 Å². The molecule has 0 saturated carbocycles. The fourth-order valence-corrected chi connectivity index (χ4v) is 3.59. The van der Waals surface area contributed by atoms with Crippen LogP contribution in [0.5, 0.6) is 0 Å². The highest BCUT2D eigenvalue weighted by atomic mass is 35.5. The van der Waals surface area contributed by atoms with E-state index in [0.29, 0.717) is 22.9 Å². The van der Waals surface area contributed by atoms with Crippen LogP contribution in [-0.2, 0) is 13.0 Å². The van der Waals surface area contributed by atoms with Crippen molar-refractivity contribution >= 4 is 22.9 Å². The molecule has 5 heteroatoms. The molecule has 2 aromatic rings. The van der Waals surface area contributed by atoms with Gasteiger partial charge >= 0.3 is 0 Å². The molecular weight excluding hydrogens is 307 g/mol. The molecule has 114 valence electrons. The molecule has 21 heavy (non-hydrogen) atoms. The molecule has 0 radical (unpaired) electrons. The Balaban J connectivity index is 2.28. The first kappa shape index (κ1) is 16.4. The zero-order valence-electron chi connectivity index (χ0n) is 12.5. The highest BCUT2D eigenvalue weighted by Gasteiger charge is 2.16. The third-order valence-electron chi connectivity index (χ3n) is 3.24. The van der Waals surface area contributed by atoms with E-state index < -0.39 is 0 Å². The topological polar surface area (TPSA) is 24.9 Å². The van der Waals surface area contributed by atoms with Gasteiger partial charge in [-0.15, -0.1) is 11.3 Å². The molecule has 1 heterocycles. The highest BCUT2D eigenvalue weighted by molar-refractivity contribution is 7.11. The van der Waals surface area contributed by atoms with Crippen LogP contribution in [0.2, 0.25) is 5.02 Å². The molecule has 0 bridgehead atoms. The number of thiazole rings is 1. The van der Waals surface area contributed by atoms with Gasteiger partial charge in [0.25, 0.3) is 0 Å². The van der Waals surface area contributed by atoms with Crippen molar-refractivity contribution in [3.8, 4) is 0 Å². The van der Waals surface area contributed by atoms with E-state index in [0.717, 1.165) is 23.8 Å². The molecule has 0 aliphatic carbocycles. The van der Waals surface area contributed by atoms with Gasteiger partial charge in [0, 0.05) is 28.4 Å². The summed E-state index contributed by atoms with van der Waals surface area (Å²) >= 11 is 7.74. The standard InChI is InChI=1S/C16H20ClFN2S/c1-4-19-9-14-16(10(2)3)20-15(21-14)8-11-12(17)6-5-7-13(11)18/h5-7,10,19H,4,8-9H2,1-3H3. The minimum Gasteiger partial charge on any atom is -0.312 e. The van der Waals surface area contributed by atoms with Gasteiger partial charge in [-0.1, -0.05) is 38.4 Å². The van der Waals surface area contributed by atoms with Gasteiger partial charge in [-0.3, -0.25) is 0 Å². The first-order valence-corrected chi connectivity index (χ1v) is 8.34. The van der Waals surface area contributed by atoms with E-state index in [2.05, 4.69) is 26.1 Å². The van der Waals surface area contributed by atoms with Crippen molar-refractivity contribution in [2.45, 2.75) is 39.7 Å². The maximum absolute atomic E-state index is 13.9. The summed E-state index contributed by atoms with van der Waals surface area (Å²) in [7, 11) is 0. The normalized spacial score (nSPS) is 11.3. The minimum absolute atomic E-state index is 0.267. The number of hydrogen-bond acceptors (Lipinski definition) is 3. The summed E-state index contributed by atoms with van der Waals surface area (Å²) in [4.78, 5) is 5.92. The number of nitrogens with one attached hydrogen (secondary N) is 1. The lowest BCUT2D eigenvalue weighted by atomic mass is 10.1. The summed E-state index contributed by atoms with van der Waals surface area (Å²) in [5.74, 6) is 0.0942. The second-order valence-corrected chi connectivity index (χ2v) is 6.80. The third-order valence-corrected chi connectivity index (χ3v) is 4.67. The maximum atomic E-state index is 13.9.